The van der Waals surface area contributed by atoms with Crippen molar-refractivity contribution in [2.75, 3.05) is 39.0 Å². The second-order valence-corrected chi connectivity index (χ2v) is 9.71. The zero-order valence-electron chi connectivity index (χ0n) is 16.7. The monoisotopic (exact) mass is 395 g/mol. The van der Waals surface area contributed by atoms with Crippen LogP contribution in [0.4, 0.5) is 0 Å². The Bertz CT molecular complexity index is 684. The minimum absolute atomic E-state index is 0.0342. The van der Waals surface area contributed by atoms with Gasteiger partial charge in [-0.1, -0.05) is 44.2 Å². The third-order valence-corrected chi connectivity index (χ3v) is 6.33. The smallest absolute Gasteiger partial charge is 0.240 e. The van der Waals surface area contributed by atoms with Gasteiger partial charge in [-0.25, -0.2) is 13.1 Å². The molecule has 0 aromatic heterocycles. The summed E-state index contributed by atoms with van der Waals surface area (Å²) >= 11 is 0. The second-order valence-electron chi connectivity index (χ2n) is 7.84. The van der Waals surface area contributed by atoms with E-state index in [0.717, 1.165) is 18.7 Å². The topological polar surface area (TPSA) is 69.7 Å². The van der Waals surface area contributed by atoms with E-state index in [4.69, 9.17) is 0 Å². The zero-order chi connectivity index (χ0) is 19.9. The summed E-state index contributed by atoms with van der Waals surface area (Å²) in [6, 6.07) is 9.18. The number of rotatable bonds is 9. The van der Waals surface area contributed by atoms with Gasteiger partial charge in [-0.2, -0.15) is 0 Å². The number of piperazine rings is 1. The molecule has 0 saturated carbocycles. The van der Waals surface area contributed by atoms with Crippen molar-refractivity contribution in [2.45, 2.75) is 39.2 Å². The van der Waals surface area contributed by atoms with E-state index in [0.29, 0.717) is 32.4 Å². The molecule has 6 nitrogen and oxygen atoms in total. The summed E-state index contributed by atoms with van der Waals surface area (Å²) in [4.78, 5) is 16.9. The molecule has 1 amide bonds. The van der Waals surface area contributed by atoms with Crippen molar-refractivity contribution in [3.8, 4) is 0 Å². The molecule has 0 spiro atoms. The second kappa shape index (κ2) is 10.2. The van der Waals surface area contributed by atoms with Gasteiger partial charge in [0, 0.05) is 26.2 Å². The van der Waals surface area contributed by atoms with Crippen LogP contribution in [0.25, 0.3) is 0 Å². The zero-order valence-corrected chi connectivity index (χ0v) is 17.5. The van der Waals surface area contributed by atoms with Gasteiger partial charge in [-0.15, -0.1) is 0 Å². The highest BCUT2D eigenvalue weighted by molar-refractivity contribution is 7.89. The fourth-order valence-corrected chi connectivity index (χ4v) is 4.58. The molecule has 27 heavy (non-hydrogen) atoms. The van der Waals surface area contributed by atoms with Crippen molar-refractivity contribution in [3.05, 3.63) is 35.9 Å². The lowest BCUT2D eigenvalue weighted by molar-refractivity contribution is -0.135. The molecule has 1 aliphatic heterocycles. The van der Waals surface area contributed by atoms with Crippen LogP contribution in [0.2, 0.25) is 0 Å². The lowest BCUT2D eigenvalue weighted by atomic mass is 10.0. The fraction of sp³-hybridized carbons (Fsp3) is 0.650. The molecule has 0 aliphatic carbocycles. The standard InChI is InChI=1S/C20H33N3O3S/c1-17(2)16-19(20(24)23-13-11-22(3)12-14-23)21-27(25,26)15-7-10-18-8-5-4-6-9-18/h4-6,8-9,17,19,21H,7,10-16H2,1-3H3/t19-/m1/s1. The van der Waals surface area contributed by atoms with E-state index in [1.165, 1.54) is 0 Å². The summed E-state index contributed by atoms with van der Waals surface area (Å²) in [5.41, 5.74) is 1.12. The first kappa shape index (κ1) is 21.9. The maximum absolute atomic E-state index is 12.9. The fourth-order valence-electron chi connectivity index (χ4n) is 3.30. The van der Waals surface area contributed by atoms with Gasteiger partial charge in [0.05, 0.1) is 5.75 Å². The summed E-state index contributed by atoms with van der Waals surface area (Å²) in [7, 11) is -1.47. The lowest BCUT2D eigenvalue weighted by Gasteiger charge is -2.35. The third kappa shape index (κ3) is 7.60. The SMILES string of the molecule is CC(C)C[C@@H](NS(=O)(=O)CCCc1ccccc1)C(=O)N1CCN(C)CC1. The quantitative estimate of drug-likeness (QED) is 0.691. The Balaban J connectivity index is 1.93. The summed E-state index contributed by atoms with van der Waals surface area (Å²) in [5.74, 6) is 0.175. The number of nitrogens with zero attached hydrogens (tertiary/aromatic N) is 2. The lowest BCUT2D eigenvalue weighted by Crippen LogP contribution is -2.54. The van der Waals surface area contributed by atoms with Crippen molar-refractivity contribution in [1.82, 2.24) is 14.5 Å². The Labute approximate surface area is 164 Å². The van der Waals surface area contributed by atoms with Crippen molar-refractivity contribution in [3.63, 3.8) is 0 Å². The Morgan fingerprint density at radius 2 is 1.74 bits per heavy atom. The van der Waals surface area contributed by atoms with Crippen LogP contribution in [0.15, 0.2) is 30.3 Å². The molecule has 1 heterocycles. The predicted octanol–water partition coefficient (Wildman–Crippen LogP) is 1.73. The molecule has 1 aliphatic rings. The van der Waals surface area contributed by atoms with E-state index < -0.39 is 16.1 Å². The molecule has 152 valence electrons. The summed E-state index contributed by atoms with van der Waals surface area (Å²) < 4.78 is 27.8. The van der Waals surface area contributed by atoms with E-state index in [2.05, 4.69) is 9.62 Å². The number of aryl methyl sites for hydroxylation is 1. The van der Waals surface area contributed by atoms with Gasteiger partial charge in [0.15, 0.2) is 0 Å². The largest absolute Gasteiger partial charge is 0.339 e. The van der Waals surface area contributed by atoms with E-state index >= 15 is 0 Å². The number of nitrogens with one attached hydrogen (secondary N) is 1. The van der Waals surface area contributed by atoms with Gasteiger partial charge in [-0.05, 0) is 37.8 Å². The Morgan fingerprint density at radius 1 is 1.11 bits per heavy atom. The van der Waals surface area contributed by atoms with Crippen LogP contribution >= 0.6 is 0 Å². The van der Waals surface area contributed by atoms with Crippen LogP contribution in [0, 0.1) is 5.92 Å². The van der Waals surface area contributed by atoms with Crippen LogP contribution in [-0.4, -0.2) is 69.1 Å². The van der Waals surface area contributed by atoms with Crippen molar-refractivity contribution < 1.29 is 13.2 Å². The van der Waals surface area contributed by atoms with Crippen LogP contribution < -0.4 is 4.72 Å². The molecule has 1 aromatic carbocycles. The van der Waals surface area contributed by atoms with Gasteiger partial charge in [0.1, 0.15) is 6.04 Å². The maximum atomic E-state index is 12.9. The molecular weight excluding hydrogens is 362 g/mol. The van der Waals surface area contributed by atoms with Crippen molar-refractivity contribution in [1.29, 1.82) is 0 Å². The highest BCUT2D eigenvalue weighted by Gasteiger charge is 2.30. The van der Waals surface area contributed by atoms with Gasteiger partial charge >= 0.3 is 0 Å². The first-order valence-electron chi connectivity index (χ1n) is 9.78. The Hall–Kier alpha value is -1.44. The first-order valence-corrected chi connectivity index (χ1v) is 11.4. The number of likely N-dealkylation sites (N-methyl/N-ethyl adjacent to an activating group) is 1. The molecule has 2 rings (SSSR count). The summed E-state index contributed by atoms with van der Waals surface area (Å²) in [6.45, 7) is 6.97. The molecule has 1 aromatic rings. The van der Waals surface area contributed by atoms with Crippen LogP contribution in [-0.2, 0) is 21.2 Å². The number of benzene rings is 1. The number of carbonyl (C=O) groups excluding carboxylic acids is 1. The Morgan fingerprint density at radius 3 is 2.33 bits per heavy atom. The highest BCUT2D eigenvalue weighted by Crippen LogP contribution is 2.12. The van der Waals surface area contributed by atoms with E-state index in [9.17, 15) is 13.2 Å². The van der Waals surface area contributed by atoms with Gasteiger partial charge < -0.3 is 9.80 Å². The minimum atomic E-state index is -3.50. The van der Waals surface area contributed by atoms with Crippen molar-refractivity contribution in [2.24, 2.45) is 5.92 Å². The summed E-state index contributed by atoms with van der Waals surface area (Å²) in [6.07, 6.45) is 1.77. The maximum Gasteiger partial charge on any atom is 0.240 e. The van der Waals surface area contributed by atoms with Gasteiger partial charge in [0.2, 0.25) is 15.9 Å². The first-order chi connectivity index (χ1) is 12.8. The van der Waals surface area contributed by atoms with Gasteiger partial charge in [-0.3, -0.25) is 4.79 Å². The molecule has 0 bridgehead atoms. The average Bonchev–Trinajstić information content (AvgIpc) is 2.61. The van der Waals surface area contributed by atoms with Crippen LogP contribution in [0.3, 0.4) is 0 Å². The predicted molar refractivity (Wildman–Crippen MR) is 109 cm³/mol. The van der Waals surface area contributed by atoms with E-state index in [1.807, 2.05) is 51.2 Å². The molecule has 1 fully saturated rings. The molecular formula is C20H33N3O3S. The highest BCUT2D eigenvalue weighted by atomic mass is 32.2. The number of amides is 1. The van der Waals surface area contributed by atoms with E-state index in [-0.39, 0.29) is 17.6 Å². The van der Waals surface area contributed by atoms with Gasteiger partial charge in [0.25, 0.3) is 0 Å². The molecule has 0 unspecified atom stereocenters. The van der Waals surface area contributed by atoms with Crippen molar-refractivity contribution >= 4 is 15.9 Å². The number of carbonyl (C=O) groups is 1. The molecule has 1 atom stereocenters. The molecule has 7 heteroatoms. The van der Waals surface area contributed by atoms with Crippen LogP contribution in [0.1, 0.15) is 32.3 Å². The molecule has 1 saturated heterocycles. The molecule has 0 radical (unpaired) electrons. The third-order valence-electron chi connectivity index (χ3n) is 4.86. The average molecular weight is 396 g/mol. The number of hydrogen-bond donors (Lipinski definition) is 1. The van der Waals surface area contributed by atoms with E-state index in [1.54, 1.807) is 4.90 Å². The minimum Gasteiger partial charge on any atom is -0.339 e. The van der Waals surface area contributed by atoms with Crippen LogP contribution in [0.5, 0.6) is 0 Å². The molecule has 1 N–H and O–H groups in total. The summed E-state index contributed by atoms with van der Waals surface area (Å²) in [5, 5.41) is 0. The Kier molecular flexibility index (Phi) is 8.26. The number of sulfonamides is 1. The number of hydrogen-bond acceptors (Lipinski definition) is 4. The normalized spacial score (nSPS) is 17.3.